The first kappa shape index (κ1) is 16.4. The summed E-state index contributed by atoms with van der Waals surface area (Å²) in [6.45, 7) is 10.7. The largest absolute Gasteiger partial charge is 0.395 e. The number of nitrogens with one attached hydrogen (secondary N) is 2. The van der Waals surface area contributed by atoms with Crippen LogP contribution in [0.2, 0.25) is 0 Å². The molecule has 0 aromatic heterocycles. The highest BCUT2D eigenvalue weighted by atomic mass is 16.3. The van der Waals surface area contributed by atoms with Crippen LogP contribution in [-0.4, -0.2) is 85.8 Å². The van der Waals surface area contributed by atoms with Crippen LogP contribution in [0.15, 0.2) is 0 Å². The smallest absolute Gasteiger partial charge is 0.236 e. The van der Waals surface area contributed by atoms with Crippen LogP contribution in [0, 0.1) is 0 Å². The predicted octanol–water partition coefficient (Wildman–Crippen LogP) is -1.29. The van der Waals surface area contributed by atoms with Gasteiger partial charge in [-0.05, 0) is 13.8 Å². The highest BCUT2D eigenvalue weighted by Crippen LogP contribution is 2.05. The number of carbonyl (C=O) groups is 1. The lowest BCUT2D eigenvalue weighted by molar-refractivity contribution is -0.132. The second-order valence-corrected chi connectivity index (χ2v) is 5.16. The standard InChI is InChI=1S/C13H28N4O2/c1-12(2)16-6-8-17(9-7-16)13(19)11-15-4-3-14-5-10-18/h12,14-15,18H,3-11H2,1-2H3. The fourth-order valence-electron chi connectivity index (χ4n) is 2.18. The van der Waals surface area contributed by atoms with E-state index in [4.69, 9.17) is 5.11 Å². The van der Waals surface area contributed by atoms with Crippen molar-refractivity contribution in [2.75, 3.05) is 59.0 Å². The van der Waals surface area contributed by atoms with E-state index in [1.165, 1.54) is 0 Å². The normalized spacial score (nSPS) is 17.2. The van der Waals surface area contributed by atoms with E-state index in [1.807, 2.05) is 4.90 Å². The molecule has 1 heterocycles. The number of amides is 1. The molecule has 0 saturated carbocycles. The third-order valence-corrected chi connectivity index (χ3v) is 3.44. The summed E-state index contributed by atoms with van der Waals surface area (Å²) in [4.78, 5) is 16.3. The summed E-state index contributed by atoms with van der Waals surface area (Å²) in [5.41, 5.74) is 0. The SMILES string of the molecule is CC(C)N1CCN(C(=O)CNCCNCCO)CC1. The molecule has 3 N–H and O–H groups in total. The van der Waals surface area contributed by atoms with E-state index >= 15 is 0 Å². The fourth-order valence-corrected chi connectivity index (χ4v) is 2.18. The number of piperazine rings is 1. The summed E-state index contributed by atoms with van der Waals surface area (Å²) in [6, 6.07) is 0.563. The molecule has 1 fully saturated rings. The van der Waals surface area contributed by atoms with Crippen LogP contribution < -0.4 is 10.6 Å². The molecule has 0 spiro atoms. The van der Waals surface area contributed by atoms with E-state index in [0.717, 1.165) is 39.3 Å². The van der Waals surface area contributed by atoms with Gasteiger partial charge in [0.25, 0.3) is 0 Å². The number of aliphatic hydroxyl groups is 1. The zero-order chi connectivity index (χ0) is 14.1. The Hall–Kier alpha value is -0.690. The number of carbonyl (C=O) groups excluding carboxylic acids is 1. The van der Waals surface area contributed by atoms with Crippen LogP contribution in [-0.2, 0) is 4.79 Å². The highest BCUT2D eigenvalue weighted by Gasteiger charge is 2.21. The zero-order valence-electron chi connectivity index (χ0n) is 12.2. The van der Waals surface area contributed by atoms with Gasteiger partial charge in [-0.15, -0.1) is 0 Å². The van der Waals surface area contributed by atoms with Crippen molar-refractivity contribution in [3.63, 3.8) is 0 Å². The molecule has 0 aromatic rings. The molecular formula is C13H28N4O2. The Labute approximate surface area is 116 Å². The molecule has 1 aliphatic rings. The van der Waals surface area contributed by atoms with Crippen molar-refractivity contribution >= 4 is 5.91 Å². The van der Waals surface area contributed by atoms with Crippen LogP contribution in [0.25, 0.3) is 0 Å². The monoisotopic (exact) mass is 272 g/mol. The molecule has 0 bridgehead atoms. The minimum Gasteiger partial charge on any atom is -0.395 e. The number of hydrogen-bond donors (Lipinski definition) is 3. The summed E-state index contributed by atoms with van der Waals surface area (Å²) in [6.07, 6.45) is 0. The third-order valence-electron chi connectivity index (χ3n) is 3.44. The van der Waals surface area contributed by atoms with Crippen LogP contribution in [0.4, 0.5) is 0 Å². The van der Waals surface area contributed by atoms with E-state index in [2.05, 4.69) is 29.4 Å². The average Bonchev–Trinajstić information content (AvgIpc) is 2.42. The molecule has 0 radical (unpaired) electrons. The molecule has 1 amide bonds. The average molecular weight is 272 g/mol. The minimum atomic E-state index is 0.152. The Morgan fingerprint density at radius 1 is 1.11 bits per heavy atom. The van der Waals surface area contributed by atoms with Crippen molar-refractivity contribution in [2.24, 2.45) is 0 Å². The van der Waals surface area contributed by atoms with Crippen molar-refractivity contribution in [2.45, 2.75) is 19.9 Å². The van der Waals surface area contributed by atoms with Crippen molar-refractivity contribution in [1.29, 1.82) is 0 Å². The Balaban J connectivity index is 2.07. The molecule has 112 valence electrons. The van der Waals surface area contributed by atoms with Crippen LogP contribution in [0.1, 0.15) is 13.8 Å². The van der Waals surface area contributed by atoms with Gasteiger partial charge in [-0.3, -0.25) is 9.69 Å². The summed E-state index contributed by atoms with van der Waals surface area (Å²) < 4.78 is 0. The maximum absolute atomic E-state index is 11.9. The van der Waals surface area contributed by atoms with Gasteiger partial charge < -0.3 is 20.6 Å². The molecule has 0 aliphatic carbocycles. The van der Waals surface area contributed by atoms with Gasteiger partial charge in [-0.25, -0.2) is 0 Å². The van der Waals surface area contributed by atoms with Crippen LogP contribution in [0.3, 0.4) is 0 Å². The van der Waals surface area contributed by atoms with Gasteiger partial charge in [0.05, 0.1) is 13.2 Å². The third kappa shape index (κ3) is 6.33. The molecule has 19 heavy (non-hydrogen) atoms. The van der Waals surface area contributed by atoms with Gasteiger partial charge in [-0.1, -0.05) is 0 Å². The Bertz CT molecular complexity index is 253. The summed E-state index contributed by atoms with van der Waals surface area (Å²) in [7, 11) is 0. The van der Waals surface area contributed by atoms with E-state index in [0.29, 0.717) is 19.1 Å². The molecule has 6 nitrogen and oxygen atoms in total. The number of aliphatic hydroxyl groups excluding tert-OH is 1. The predicted molar refractivity (Wildman–Crippen MR) is 76.1 cm³/mol. The van der Waals surface area contributed by atoms with Gasteiger partial charge in [0, 0.05) is 51.9 Å². The lowest BCUT2D eigenvalue weighted by Gasteiger charge is -2.37. The first-order valence-corrected chi connectivity index (χ1v) is 7.19. The zero-order valence-corrected chi connectivity index (χ0v) is 12.2. The molecule has 0 atom stereocenters. The van der Waals surface area contributed by atoms with Gasteiger partial charge in [0.2, 0.25) is 5.91 Å². The Kier molecular flexibility index (Phi) is 7.97. The van der Waals surface area contributed by atoms with Crippen molar-refractivity contribution in [1.82, 2.24) is 20.4 Å². The van der Waals surface area contributed by atoms with Crippen LogP contribution in [0.5, 0.6) is 0 Å². The van der Waals surface area contributed by atoms with Gasteiger partial charge in [0.1, 0.15) is 0 Å². The number of rotatable bonds is 8. The van der Waals surface area contributed by atoms with Crippen molar-refractivity contribution in [3.8, 4) is 0 Å². The second kappa shape index (κ2) is 9.25. The lowest BCUT2D eigenvalue weighted by atomic mass is 10.2. The van der Waals surface area contributed by atoms with Gasteiger partial charge in [0.15, 0.2) is 0 Å². The first-order valence-electron chi connectivity index (χ1n) is 7.19. The minimum absolute atomic E-state index is 0.152. The molecule has 1 rings (SSSR count). The molecule has 6 heteroatoms. The second-order valence-electron chi connectivity index (χ2n) is 5.16. The van der Waals surface area contributed by atoms with Crippen LogP contribution >= 0.6 is 0 Å². The number of hydrogen-bond acceptors (Lipinski definition) is 5. The Morgan fingerprint density at radius 3 is 2.32 bits per heavy atom. The van der Waals surface area contributed by atoms with E-state index in [9.17, 15) is 4.79 Å². The van der Waals surface area contributed by atoms with Gasteiger partial charge in [-0.2, -0.15) is 0 Å². The fraction of sp³-hybridized carbons (Fsp3) is 0.923. The summed E-state index contributed by atoms with van der Waals surface area (Å²) in [5.74, 6) is 0.186. The van der Waals surface area contributed by atoms with E-state index in [1.54, 1.807) is 0 Å². The molecule has 1 saturated heterocycles. The molecular weight excluding hydrogens is 244 g/mol. The maximum Gasteiger partial charge on any atom is 0.236 e. The topological polar surface area (TPSA) is 67.8 Å². The molecule has 0 unspecified atom stereocenters. The summed E-state index contributed by atoms with van der Waals surface area (Å²) in [5, 5.41) is 14.8. The molecule has 1 aliphatic heterocycles. The van der Waals surface area contributed by atoms with E-state index in [-0.39, 0.29) is 12.5 Å². The summed E-state index contributed by atoms with van der Waals surface area (Å²) >= 11 is 0. The highest BCUT2D eigenvalue weighted by molar-refractivity contribution is 5.78. The number of nitrogens with zero attached hydrogens (tertiary/aromatic N) is 2. The first-order chi connectivity index (χ1) is 9.15. The maximum atomic E-state index is 11.9. The van der Waals surface area contributed by atoms with E-state index < -0.39 is 0 Å². The molecule has 0 aromatic carbocycles. The van der Waals surface area contributed by atoms with Gasteiger partial charge >= 0.3 is 0 Å². The quantitative estimate of drug-likeness (QED) is 0.480. The van der Waals surface area contributed by atoms with Crippen molar-refractivity contribution < 1.29 is 9.90 Å². The lowest BCUT2D eigenvalue weighted by Crippen LogP contribution is -2.52. The Morgan fingerprint density at radius 2 is 1.74 bits per heavy atom. The van der Waals surface area contributed by atoms with Crippen molar-refractivity contribution in [3.05, 3.63) is 0 Å².